The van der Waals surface area contributed by atoms with Crippen LogP contribution in [-0.2, 0) is 10.0 Å². The van der Waals surface area contributed by atoms with E-state index < -0.39 is 10.0 Å². The Morgan fingerprint density at radius 3 is 2.90 bits per heavy atom. The molecule has 2 rings (SSSR count). The second-order valence-corrected chi connectivity index (χ2v) is 7.44. The first kappa shape index (κ1) is 16.2. The van der Waals surface area contributed by atoms with Crippen LogP contribution in [0.5, 0.6) is 0 Å². The molecule has 118 valence electrons. The average Bonchev–Trinajstić information content (AvgIpc) is 2.87. The predicted molar refractivity (Wildman–Crippen MR) is 83.9 cm³/mol. The molecule has 1 aliphatic rings. The van der Waals surface area contributed by atoms with E-state index in [0.29, 0.717) is 18.8 Å². The molecule has 1 N–H and O–H groups in total. The van der Waals surface area contributed by atoms with Crippen LogP contribution in [0.25, 0.3) is 0 Å². The molecule has 0 radical (unpaired) electrons. The van der Waals surface area contributed by atoms with Crippen LogP contribution in [0.2, 0.25) is 0 Å². The molecule has 7 heteroatoms. The van der Waals surface area contributed by atoms with E-state index in [1.54, 1.807) is 16.6 Å². The molecule has 6 nitrogen and oxygen atoms in total. The van der Waals surface area contributed by atoms with Crippen molar-refractivity contribution < 1.29 is 8.42 Å². The third kappa shape index (κ3) is 3.53. The van der Waals surface area contributed by atoms with Gasteiger partial charge in [-0.05, 0) is 39.9 Å². The van der Waals surface area contributed by atoms with Gasteiger partial charge in [0.25, 0.3) is 0 Å². The van der Waals surface area contributed by atoms with Crippen LogP contribution in [0.1, 0.15) is 19.8 Å². The molecule has 1 saturated heterocycles. The summed E-state index contributed by atoms with van der Waals surface area (Å²) in [5.41, 5.74) is 0.628. The molecular formula is C14H24N4O2S. The van der Waals surface area contributed by atoms with Crippen LogP contribution in [0.3, 0.4) is 0 Å². The summed E-state index contributed by atoms with van der Waals surface area (Å²) in [6.45, 7) is 3.95. The molecule has 0 bridgehead atoms. The van der Waals surface area contributed by atoms with E-state index >= 15 is 0 Å². The molecule has 0 saturated carbocycles. The van der Waals surface area contributed by atoms with Gasteiger partial charge in [0, 0.05) is 38.1 Å². The SMILES string of the molecule is CCNc1ccncc1S(=O)(=O)N1CCCC1CN(C)C. The predicted octanol–water partition coefficient (Wildman–Crippen LogP) is 1.23. The van der Waals surface area contributed by atoms with Gasteiger partial charge in [-0.15, -0.1) is 0 Å². The Labute approximate surface area is 127 Å². The van der Waals surface area contributed by atoms with E-state index in [2.05, 4.69) is 10.3 Å². The number of hydrogen-bond donors (Lipinski definition) is 1. The van der Waals surface area contributed by atoms with Gasteiger partial charge in [-0.2, -0.15) is 4.31 Å². The van der Waals surface area contributed by atoms with Gasteiger partial charge in [0.1, 0.15) is 4.90 Å². The summed E-state index contributed by atoms with van der Waals surface area (Å²) in [5, 5.41) is 3.11. The van der Waals surface area contributed by atoms with E-state index in [0.717, 1.165) is 19.4 Å². The Balaban J connectivity index is 2.33. The lowest BCUT2D eigenvalue weighted by molar-refractivity contribution is 0.291. The number of likely N-dealkylation sites (N-methyl/N-ethyl adjacent to an activating group) is 1. The van der Waals surface area contributed by atoms with Crippen LogP contribution < -0.4 is 5.32 Å². The smallest absolute Gasteiger partial charge is 0.246 e. The lowest BCUT2D eigenvalue weighted by Crippen LogP contribution is -2.41. The van der Waals surface area contributed by atoms with E-state index in [4.69, 9.17) is 0 Å². The van der Waals surface area contributed by atoms with Crippen LogP contribution in [0.4, 0.5) is 5.69 Å². The average molecular weight is 312 g/mol. The molecule has 0 aromatic carbocycles. The number of pyridine rings is 1. The first-order valence-corrected chi connectivity index (χ1v) is 8.75. The highest BCUT2D eigenvalue weighted by Gasteiger charge is 2.36. The lowest BCUT2D eigenvalue weighted by atomic mass is 10.2. The highest BCUT2D eigenvalue weighted by atomic mass is 32.2. The molecule has 1 aromatic heterocycles. The van der Waals surface area contributed by atoms with Gasteiger partial charge in [0.05, 0.1) is 5.69 Å². The summed E-state index contributed by atoms with van der Waals surface area (Å²) in [4.78, 5) is 6.31. The first-order chi connectivity index (χ1) is 9.96. The van der Waals surface area contributed by atoms with Gasteiger partial charge in [0.2, 0.25) is 10.0 Å². The molecule has 1 aromatic rings. The third-order valence-electron chi connectivity index (χ3n) is 3.64. The Morgan fingerprint density at radius 2 is 2.24 bits per heavy atom. The number of rotatable bonds is 6. The second-order valence-electron chi connectivity index (χ2n) is 5.58. The van der Waals surface area contributed by atoms with Gasteiger partial charge < -0.3 is 10.2 Å². The van der Waals surface area contributed by atoms with Crippen molar-refractivity contribution in [2.75, 3.05) is 39.0 Å². The zero-order valence-electron chi connectivity index (χ0n) is 12.9. The van der Waals surface area contributed by atoms with Crippen molar-refractivity contribution in [3.63, 3.8) is 0 Å². The largest absolute Gasteiger partial charge is 0.384 e. The number of nitrogens with one attached hydrogen (secondary N) is 1. The second kappa shape index (κ2) is 6.72. The van der Waals surface area contributed by atoms with Crippen LogP contribution in [0, 0.1) is 0 Å². The van der Waals surface area contributed by atoms with E-state index in [-0.39, 0.29) is 10.9 Å². The lowest BCUT2D eigenvalue weighted by Gasteiger charge is -2.27. The highest BCUT2D eigenvalue weighted by Crippen LogP contribution is 2.29. The summed E-state index contributed by atoms with van der Waals surface area (Å²) in [7, 11) is 0.434. The fourth-order valence-corrected chi connectivity index (χ4v) is 4.58. The minimum atomic E-state index is -3.50. The number of sulfonamides is 1. The molecule has 1 atom stereocenters. The normalized spacial score (nSPS) is 20.1. The Kier molecular flexibility index (Phi) is 5.18. The van der Waals surface area contributed by atoms with E-state index in [1.165, 1.54) is 6.20 Å². The molecular weight excluding hydrogens is 288 g/mol. The zero-order valence-corrected chi connectivity index (χ0v) is 13.7. The summed E-state index contributed by atoms with van der Waals surface area (Å²) < 4.78 is 27.5. The third-order valence-corrected chi connectivity index (χ3v) is 5.62. The van der Waals surface area contributed by atoms with Crippen molar-refractivity contribution in [2.24, 2.45) is 0 Å². The number of anilines is 1. The molecule has 1 fully saturated rings. The summed E-state index contributed by atoms with van der Waals surface area (Å²) in [5.74, 6) is 0. The topological polar surface area (TPSA) is 65.5 Å². The van der Waals surface area contributed by atoms with Crippen molar-refractivity contribution in [2.45, 2.75) is 30.7 Å². The van der Waals surface area contributed by atoms with Crippen molar-refractivity contribution >= 4 is 15.7 Å². The van der Waals surface area contributed by atoms with Gasteiger partial charge in [0.15, 0.2) is 0 Å². The first-order valence-electron chi connectivity index (χ1n) is 7.31. The van der Waals surface area contributed by atoms with Crippen molar-refractivity contribution in [1.82, 2.24) is 14.2 Å². The quantitative estimate of drug-likeness (QED) is 0.856. The van der Waals surface area contributed by atoms with E-state index in [1.807, 2.05) is 25.9 Å². The maximum absolute atomic E-state index is 12.9. The molecule has 2 heterocycles. The minimum absolute atomic E-state index is 0.0414. The number of aromatic nitrogens is 1. The molecule has 1 unspecified atom stereocenters. The van der Waals surface area contributed by atoms with Gasteiger partial charge in [-0.3, -0.25) is 4.98 Å². The van der Waals surface area contributed by atoms with E-state index in [9.17, 15) is 8.42 Å². The molecule has 0 spiro atoms. The van der Waals surface area contributed by atoms with Gasteiger partial charge in [-0.1, -0.05) is 0 Å². The number of nitrogens with zero attached hydrogens (tertiary/aromatic N) is 3. The fraction of sp³-hybridized carbons (Fsp3) is 0.643. The fourth-order valence-electron chi connectivity index (χ4n) is 2.78. The van der Waals surface area contributed by atoms with Crippen LogP contribution >= 0.6 is 0 Å². The molecule has 1 aliphatic heterocycles. The molecule has 0 amide bonds. The standard InChI is InChI=1S/C14H24N4O2S/c1-4-16-13-7-8-15-10-14(13)21(19,20)18-9-5-6-12(18)11-17(2)3/h7-8,10,12H,4-6,9,11H2,1-3H3,(H,15,16). The van der Waals surface area contributed by atoms with Gasteiger partial charge >= 0.3 is 0 Å². The van der Waals surface area contributed by atoms with Crippen LogP contribution in [-0.4, -0.2) is 62.4 Å². The molecule has 0 aliphatic carbocycles. The van der Waals surface area contributed by atoms with Crippen molar-refractivity contribution in [3.8, 4) is 0 Å². The number of hydrogen-bond acceptors (Lipinski definition) is 5. The Morgan fingerprint density at radius 1 is 1.48 bits per heavy atom. The van der Waals surface area contributed by atoms with Gasteiger partial charge in [-0.25, -0.2) is 8.42 Å². The van der Waals surface area contributed by atoms with Crippen molar-refractivity contribution in [3.05, 3.63) is 18.5 Å². The van der Waals surface area contributed by atoms with Crippen molar-refractivity contribution in [1.29, 1.82) is 0 Å². The Hall–Kier alpha value is -1.18. The molecule has 21 heavy (non-hydrogen) atoms. The zero-order chi connectivity index (χ0) is 15.5. The maximum Gasteiger partial charge on any atom is 0.246 e. The monoisotopic (exact) mass is 312 g/mol. The summed E-state index contributed by atoms with van der Waals surface area (Å²) >= 11 is 0. The highest BCUT2D eigenvalue weighted by molar-refractivity contribution is 7.89. The Bertz CT molecular complexity index is 574. The summed E-state index contributed by atoms with van der Waals surface area (Å²) in [6, 6.07) is 1.76. The van der Waals surface area contributed by atoms with Crippen LogP contribution in [0.15, 0.2) is 23.4 Å². The minimum Gasteiger partial charge on any atom is -0.384 e. The summed E-state index contributed by atoms with van der Waals surface area (Å²) in [6.07, 6.45) is 4.87. The maximum atomic E-state index is 12.9.